The van der Waals surface area contributed by atoms with Gasteiger partial charge in [-0.1, -0.05) is 44.2 Å². The highest BCUT2D eigenvalue weighted by Gasteiger charge is 2.27. The van der Waals surface area contributed by atoms with Gasteiger partial charge in [-0.25, -0.2) is 4.79 Å². The van der Waals surface area contributed by atoms with Crippen LogP contribution in [0.1, 0.15) is 46.4 Å². The van der Waals surface area contributed by atoms with E-state index in [9.17, 15) is 9.59 Å². The molecule has 0 saturated carbocycles. The molecule has 0 bridgehead atoms. The number of nitrogens with zero attached hydrogens (tertiary/aromatic N) is 1. The van der Waals surface area contributed by atoms with Gasteiger partial charge < -0.3 is 14.4 Å². The lowest BCUT2D eigenvalue weighted by Gasteiger charge is -2.31. The van der Waals surface area contributed by atoms with Crippen LogP contribution in [-0.2, 0) is 0 Å². The normalized spacial score (nSPS) is 12.2. The van der Waals surface area contributed by atoms with E-state index in [4.69, 9.17) is 9.52 Å². The largest absolute Gasteiger partial charge is 0.478 e. The van der Waals surface area contributed by atoms with Crippen LogP contribution in [0.4, 0.5) is 0 Å². The van der Waals surface area contributed by atoms with Crippen LogP contribution < -0.4 is 0 Å². The van der Waals surface area contributed by atoms with Crippen molar-refractivity contribution >= 4 is 11.9 Å². The van der Waals surface area contributed by atoms with E-state index in [2.05, 4.69) is 0 Å². The molecule has 2 rings (SSSR count). The second kappa shape index (κ2) is 6.47. The SMILES string of the molecule is CC(C)C(c1ccccc1)N(C)C(=O)c1cc(C(=O)O)co1. The minimum Gasteiger partial charge on any atom is -0.478 e. The Morgan fingerprint density at radius 3 is 2.32 bits per heavy atom. The molecule has 1 amide bonds. The topological polar surface area (TPSA) is 70.8 Å². The molecule has 0 aliphatic carbocycles. The number of rotatable bonds is 5. The fraction of sp³-hybridized carbons (Fsp3) is 0.294. The third kappa shape index (κ3) is 3.19. The van der Waals surface area contributed by atoms with Crippen LogP contribution >= 0.6 is 0 Å². The molecule has 0 radical (unpaired) electrons. The van der Waals surface area contributed by atoms with Gasteiger partial charge in [0.15, 0.2) is 5.76 Å². The van der Waals surface area contributed by atoms with Gasteiger partial charge in [0.1, 0.15) is 6.26 Å². The monoisotopic (exact) mass is 301 g/mol. The fourth-order valence-electron chi connectivity index (χ4n) is 2.57. The maximum Gasteiger partial charge on any atom is 0.338 e. The van der Waals surface area contributed by atoms with Crippen LogP contribution in [0.5, 0.6) is 0 Å². The number of carbonyl (C=O) groups is 2. The number of amides is 1. The molecule has 0 fully saturated rings. The number of carboxylic acids is 1. The smallest absolute Gasteiger partial charge is 0.338 e. The molecule has 22 heavy (non-hydrogen) atoms. The third-order valence-electron chi connectivity index (χ3n) is 3.57. The number of carboxylic acid groups (broad SMARTS) is 1. The Bertz CT molecular complexity index is 660. The van der Waals surface area contributed by atoms with Crippen molar-refractivity contribution < 1.29 is 19.1 Å². The second-order valence-electron chi connectivity index (χ2n) is 5.52. The molecule has 0 aliphatic heterocycles. The molecule has 1 aromatic carbocycles. The Labute approximate surface area is 129 Å². The molecule has 1 atom stereocenters. The summed E-state index contributed by atoms with van der Waals surface area (Å²) in [6.07, 6.45) is 1.08. The van der Waals surface area contributed by atoms with Crippen LogP contribution in [0, 0.1) is 5.92 Å². The van der Waals surface area contributed by atoms with Gasteiger partial charge in [0.25, 0.3) is 5.91 Å². The number of hydrogen-bond acceptors (Lipinski definition) is 3. The number of benzene rings is 1. The summed E-state index contributed by atoms with van der Waals surface area (Å²) in [6.45, 7) is 4.07. The van der Waals surface area contributed by atoms with Gasteiger partial charge in [-0.15, -0.1) is 0 Å². The number of aromatic carboxylic acids is 1. The van der Waals surface area contributed by atoms with Crippen molar-refractivity contribution in [1.82, 2.24) is 4.90 Å². The van der Waals surface area contributed by atoms with E-state index in [1.165, 1.54) is 6.07 Å². The first-order valence-electron chi connectivity index (χ1n) is 7.05. The molecular weight excluding hydrogens is 282 g/mol. The molecule has 0 saturated heterocycles. The van der Waals surface area contributed by atoms with Gasteiger partial charge in [-0.3, -0.25) is 4.79 Å². The predicted molar refractivity (Wildman–Crippen MR) is 81.8 cm³/mol. The Morgan fingerprint density at radius 1 is 1.18 bits per heavy atom. The van der Waals surface area contributed by atoms with Crippen molar-refractivity contribution in [3.8, 4) is 0 Å². The highest BCUT2D eigenvalue weighted by atomic mass is 16.4. The maximum atomic E-state index is 12.5. The first-order chi connectivity index (χ1) is 10.4. The number of carbonyl (C=O) groups excluding carboxylic acids is 1. The quantitative estimate of drug-likeness (QED) is 0.918. The Kier molecular flexibility index (Phi) is 4.65. The van der Waals surface area contributed by atoms with Gasteiger partial charge in [-0.05, 0) is 11.5 Å². The highest BCUT2D eigenvalue weighted by Crippen LogP contribution is 2.28. The zero-order valence-electron chi connectivity index (χ0n) is 12.8. The van der Waals surface area contributed by atoms with E-state index in [0.29, 0.717) is 0 Å². The molecule has 1 unspecified atom stereocenters. The van der Waals surface area contributed by atoms with Gasteiger partial charge in [0.05, 0.1) is 11.6 Å². The molecule has 1 aromatic heterocycles. The van der Waals surface area contributed by atoms with Crippen LogP contribution in [-0.4, -0.2) is 28.9 Å². The predicted octanol–water partition coefficient (Wildman–Crippen LogP) is 3.45. The van der Waals surface area contributed by atoms with E-state index in [0.717, 1.165) is 11.8 Å². The molecular formula is C17H19NO4. The summed E-state index contributed by atoms with van der Waals surface area (Å²) in [5, 5.41) is 8.91. The zero-order valence-corrected chi connectivity index (χ0v) is 12.8. The first kappa shape index (κ1) is 15.8. The van der Waals surface area contributed by atoms with Crippen molar-refractivity contribution in [3.63, 3.8) is 0 Å². The minimum absolute atomic E-state index is 0.0291. The summed E-state index contributed by atoms with van der Waals surface area (Å²) in [6, 6.07) is 10.9. The lowest BCUT2D eigenvalue weighted by Crippen LogP contribution is -2.33. The molecule has 2 aromatic rings. The van der Waals surface area contributed by atoms with Crippen molar-refractivity contribution in [1.29, 1.82) is 0 Å². The van der Waals surface area contributed by atoms with Crippen molar-refractivity contribution in [3.05, 3.63) is 59.5 Å². The fourth-order valence-corrected chi connectivity index (χ4v) is 2.57. The van der Waals surface area contributed by atoms with E-state index in [1.807, 2.05) is 44.2 Å². The van der Waals surface area contributed by atoms with Crippen LogP contribution in [0.15, 0.2) is 47.1 Å². The van der Waals surface area contributed by atoms with Gasteiger partial charge >= 0.3 is 5.97 Å². The van der Waals surface area contributed by atoms with Crippen molar-refractivity contribution in [2.45, 2.75) is 19.9 Å². The third-order valence-corrected chi connectivity index (χ3v) is 3.57. The molecule has 116 valence electrons. The molecule has 0 spiro atoms. The molecule has 0 aliphatic rings. The molecule has 5 nitrogen and oxygen atoms in total. The summed E-state index contributed by atoms with van der Waals surface area (Å²) in [4.78, 5) is 25.0. The summed E-state index contributed by atoms with van der Waals surface area (Å²) < 4.78 is 5.10. The van der Waals surface area contributed by atoms with E-state index >= 15 is 0 Å². The van der Waals surface area contributed by atoms with Crippen molar-refractivity contribution in [2.75, 3.05) is 7.05 Å². The summed E-state index contributed by atoms with van der Waals surface area (Å²) in [7, 11) is 1.70. The summed E-state index contributed by atoms with van der Waals surface area (Å²) in [5.74, 6) is -1.23. The standard InChI is InChI=1S/C17H19NO4/c1-11(2)15(12-7-5-4-6-8-12)18(3)16(19)14-9-13(10-22-14)17(20)21/h4-11,15H,1-3H3,(H,20,21). The van der Waals surface area contributed by atoms with Gasteiger partial charge in [0.2, 0.25) is 0 Å². The molecule has 1 N–H and O–H groups in total. The average molecular weight is 301 g/mol. The van der Waals surface area contributed by atoms with E-state index < -0.39 is 5.97 Å². The lowest BCUT2D eigenvalue weighted by atomic mass is 9.94. The van der Waals surface area contributed by atoms with Gasteiger partial charge in [0, 0.05) is 13.1 Å². The maximum absolute atomic E-state index is 12.5. The number of furan rings is 1. The van der Waals surface area contributed by atoms with E-state index in [1.54, 1.807) is 11.9 Å². The average Bonchev–Trinajstić information content (AvgIpc) is 2.97. The Balaban J connectivity index is 2.28. The highest BCUT2D eigenvalue weighted by molar-refractivity contribution is 5.95. The Morgan fingerprint density at radius 2 is 1.82 bits per heavy atom. The summed E-state index contributed by atoms with van der Waals surface area (Å²) >= 11 is 0. The first-order valence-corrected chi connectivity index (χ1v) is 7.05. The van der Waals surface area contributed by atoms with Crippen LogP contribution in [0.25, 0.3) is 0 Å². The molecule has 5 heteroatoms. The zero-order chi connectivity index (χ0) is 16.3. The number of hydrogen-bond donors (Lipinski definition) is 1. The summed E-state index contributed by atoms with van der Waals surface area (Å²) in [5.41, 5.74) is 0.996. The van der Waals surface area contributed by atoms with Crippen LogP contribution in [0.3, 0.4) is 0 Å². The van der Waals surface area contributed by atoms with Crippen molar-refractivity contribution in [2.24, 2.45) is 5.92 Å². The Hall–Kier alpha value is -2.56. The minimum atomic E-state index is -1.12. The molecule has 1 heterocycles. The van der Waals surface area contributed by atoms with Gasteiger partial charge in [-0.2, -0.15) is 0 Å². The van der Waals surface area contributed by atoms with E-state index in [-0.39, 0.29) is 29.2 Å². The van der Waals surface area contributed by atoms with Crippen LogP contribution in [0.2, 0.25) is 0 Å². The second-order valence-corrected chi connectivity index (χ2v) is 5.52. The lowest BCUT2D eigenvalue weighted by molar-refractivity contribution is 0.0653.